The van der Waals surface area contributed by atoms with E-state index in [4.69, 9.17) is 9.47 Å². The number of amides is 1. The molecule has 1 N–H and O–H groups in total. The molecule has 29 heavy (non-hydrogen) atoms. The number of ether oxygens (including phenoxy) is 2. The van der Waals surface area contributed by atoms with E-state index in [0.717, 1.165) is 21.0 Å². The monoisotopic (exact) mass is 420 g/mol. The first-order chi connectivity index (χ1) is 13.6. The van der Waals surface area contributed by atoms with Gasteiger partial charge in [0.25, 0.3) is 0 Å². The number of sulfonamides is 1. The lowest BCUT2D eigenvalue weighted by molar-refractivity contribution is -0.116. The third-order valence-corrected chi connectivity index (χ3v) is 6.54. The highest BCUT2D eigenvalue weighted by molar-refractivity contribution is 7.89. The van der Waals surface area contributed by atoms with Gasteiger partial charge in [-0.2, -0.15) is 0 Å². The molecule has 0 aliphatic heterocycles. The van der Waals surface area contributed by atoms with Crippen LogP contribution in [0.2, 0.25) is 0 Å². The molecule has 0 aromatic heterocycles. The number of anilines is 1. The molecular weight excluding hydrogens is 392 g/mol. The largest absolute Gasteiger partial charge is 0.497 e. The van der Waals surface area contributed by atoms with Crippen LogP contribution in [0.5, 0.6) is 11.5 Å². The Bertz CT molecular complexity index is 978. The summed E-state index contributed by atoms with van der Waals surface area (Å²) in [4.78, 5) is 12.7. The van der Waals surface area contributed by atoms with Crippen molar-refractivity contribution in [3.63, 3.8) is 0 Å². The summed E-state index contributed by atoms with van der Waals surface area (Å²) in [6, 6.07) is 8.60. The van der Waals surface area contributed by atoms with E-state index in [9.17, 15) is 13.2 Å². The highest BCUT2D eigenvalue weighted by Gasteiger charge is 2.20. The Hall–Kier alpha value is -2.58. The van der Waals surface area contributed by atoms with Crippen molar-refractivity contribution in [1.82, 2.24) is 4.31 Å². The van der Waals surface area contributed by atoms with Gasteiger partial charge < -0.3 is 14.8 Å². The highest BCUT2D eigenvalue weighted by Crippen LogP contribution is 2.26. The molecule has 2 aromatic carbocycles. The Labute approximate surface area is 172 Å². The number of hydrogen-bond donors (Lipinski definition) is 1. The van der Waals surface area contributed by atoms with E-state index in [1.807, 2.05) is 26.0 Å². The van der Waals surface area contributed by atoms with Gasteiger partial charge in [-0.25, -0.2) is 12.7 Å². The zero-order valence-electron chi connectivity index (χ0n) is 17.7. The smallest absolute Gasteiger partial charge is 0.242 e. The van der Waals surface area contributed by atoms with Crippen LogP contribution in [0.15, 0.2) is 35.2 Å². The number of nitrogens with zero attached hydrogens (tertiary/aromatic N) is 1. The molecule has 0 fully saturated rings. The summed E-state index contributed by atoms with van der Waals surface area (Å²) in [5.41, 5.74) is 3.03. The maximum absolute atomic E-state index is 12.5. The lowest BCUT2D eigenvalue weighted by Crippen LogP contribution is -2.23. The van der Waals surface area contributed by atoms with Gasteiger partial charge in [0.05, 0.1) is 19.1 Å². The molecule has 0 aliphatic carbocycles. The summed E-state index contributed by atoms with van der Waals surface area (Å²) in [5.74, 6) is 1.12. The average Bonchev–Trinajstić information content (AvgIpc) is 2.69. The zero-order chi connectivity index (χ0) is 21.8. The summed E-state index contributed by atoms with van der Waals surface area (Å²) in [5, 5.41) is 2.85. The van der Waals surface area contributed by atoms with Crippen LogP contribution in [0.3, 0.4) is 0 Å². The molecule has 0 heterocycles. The van der Waals surface area contributed by atoms with Crippen LogP contribution >= 0.6 is 0 Å². The van der Waals surface area contributed by atoms with Gasteiger partial charge >= 0.3 is 0 Å². The second-order valence-electron chi connectivity index (χ2n) is 6.97. The van der Waals surface area contributed by atoms with Crippen molar-refractivity contribution in [3.05, 3.63) is 47.0 Å². The molecule has 1 amide bonds. The lowest BCUT2D eigenvalue weighted by atomic mass is 10.1. The van der Waals surface area contributed by atoms with E-state index < -0.39 is 10.0 Å². The van der Waals surface area contributed by atoms with Crippen molar-refractivity contribution in [2.45, 2.75) is 31.6 Å². The Balaban J connectivity index is 2.18. The van der Waals surface area contributed by atoms with Crippen molar-refractivity contribution in [2.24, 2.45) is 0 Å². The molecule has 2 aromatic rings. The Morgan fingerprint density at radius 2 is 1.59 bits per heavy atom. The van der Waals surface area contributed by atoms with Crippen molar-refractivity contribution < 1.29 is 22.7 Å². The second kappa shape index (κ2) is 9.28. The summed E-state index contributed by atoms with van der Waals surface area (Å²) in [6.45, 7) is 3.67. The van der Waals surface area contributed by atoms with Crippen LogP contribution < -0.4 is 14.8 Å². The van der Waals surface area contributed by atoms with Gasteiger partial charge in [0.1, 0.15) is 11.5 Å². The number of aryl methyl sites for hydroxylation is 2. The molecule has 0 unspecified atom stereocenters. The van der Waals surface area contributed by atoms with Crippen LogP contribution in [0.25, 0.3) is 0 Å². The van der Waals surface area contributed by atoms with Gasteiger partial charge in [0.2, 0.25) is 15.9 Å². The van der Waals surface area contributed by atoms with Crippen LogP contribution in [0, 0.1) is 13.8 Å². The molecule has 0 saturated heterocycles. The number of nitrogens with one attached hydrogen (secondary N) is 1. The third kappa shape index (κ3) is 5.48. The molecule has 0 aliphatic rings. The number of rotatable bonds is 8. The number of hydrogen-bond acceptors (Lipinski definition) is 5. The first-order valence-electron chi connectivity index (χ1n) is 9.14. The van der Waals surface area contributed by atoms with Crippen LogP contribution in [-0.2, 0) is 21.2 Å². The molecular formula is C21H28N2O5S. The number of carbonyl (C=O) groups excluding carboxylic acids is 1. The number of benzene rings is 2. The normalized spacial score (nSPS) is 11.4. The maximum atomic E-state index is 12.5. The second-order valence-corrected chi connectivity index (χ2v) is 9.12. The predicted molar refractivity (Wildman–Crippen MR) is 113 cm³/mol. The zero-order valence-corrected chi connectivity index (χ0v) is 18.5. The van der Waals surface area contributed by atoms with E-state index in [0.29, 0.717) is 23.6 Å². The van der Waals surface area contributed by atoms with Crippen LogP contribution in [0.4, 0.5) is 5.69 Å². The highest BCUT2D eigenvalue weighted by atomic mass is 32.2. The molecule has 0 spiro atoms. The van der Waals surface area contributed by atoms with Gasteiger partial charge in [0, 0.05) is 32.3 Å². The fourth-order valence-corrected chi connectivity index (χ4v) is 3.81. The Kier molecular flexibility index (Phi) is 7.26. The van der Waals surface area contributed by atoms with Crippen molar-refractivity contribution in [3.8, 4) is 11.5 Å². The van der Waals surface area contributed by atoms with Crippen LogP contribution in [-0.4, -0.2) is 46.9 Å². The first-order valence-corrected chi connectivity index (χ1v) is 10.6. The number of methoxy groups -OCH3 is 2. The minimum atomic E-state index is -3.59. The Morgan fingerprint density at radius 1 is 1.00 bits per heavy atom. The van der Waals surface area contributed by atoms with E-state index >= 15 is 0 Å². The quantitative estimate of drug-likeness (QED) is 0.709. The minimum absolute atomic E-state index is 0.151. The van der Waals surface area contributed by atoms with E-state index in [-0.39, 0.29) is 17.2 Å². The van der Waals surface area contributed by atoms with Gasteiger partial charge in [-0.15, -0.1) is 0 Å². The summed E-state index contributed by atoms with van der Waals surface area (Å²) >= 11 is 0. The van der Waals surface area contributed by atoms with Gasteiger partial charge in [-0.3, -0.25) is 4.79 Å². The molecule has 0 bridgehead atoms. The lowest BCUT2D eigenvalue weighted by Gasteiger charge is -2.16. The third-order valence-electron chi connectivity index (χ3n) is 4.75. The molecule has 8 heteroatoms. The van der Waals surface area contributed by atoms with E-state index in [1.165, 1.54) is 20.2 Å². The average molecular weight is 421 g/mol. The molecule has 7 nitrogen and oxygen atoms in total. The topological polar surface area (TPSA) is 84.9 Å². The summed E-state index contributed by atoms with van der Waals surface area (Å²) in [6.07, 6.45) is 0.729. The van der Waals surface area contributed by atoms with Crippen molar-refractivity contribution >= 4 is 21.6 Å². The molecule has 0 saturated carbocycles. The fraction of sp³-hybridized carbons (Fsp3) is 0.381. The molecule has 0 atom stereocenters. The minimum Gasteiger partial charge on any atom is -0.497 e. The first kappa shape index (κ1) is 22.7. The molecule has 0 radical (unpaired) electrons. The van der Waals surface area contributed by atoms with Crippen molar-refractivity contribution in [2.75, 3.05) is 33.6 Å². The standard InChI is InChI=1S/C21H28N2O5S/c1-14-9-19(29(25,26)23(3)4)13-20(15(14)2)22-21(24)8-7-16-10-17(27-5)12-18(11-16)28-6/h9-13H,7-8H2,1-6H3,(H,22,24). The molecule has 2 rings (SSSR count). The van der Waals surface area contributed by atoms with E-state index in [1.54, 1.807) is 26.4 Å². The van der Waals surface area contributed by atoms with E-state index in [2.05, 4.69) is 5.32 Å². The van der Waals surface area contributed by atoms with Crippen LogP contribution in [0.1, 0.15) is 23.1 Å². The van der Waals surface area contributed by atoms with Gasteiger partial charge in [-0.05, 0) is 61.2 Å². The van der Waals surface area contributed by atoms with Crippen molar-refractivity contribution in [1.29, 1.82) is 0 Å². The summed E-state index contributed by atoms with van der Waals surface area (Å²) in [7, 11) is 2.51. The fourth-order valence-electron chi connectivity index (χ4n) is 2.80. The SMILES string of the molecule is COc1cc(CCC(=O)Nc2cc(S(=O)(=O)N(C)C)cc(C)c2C)cc(OC)c1. The van der Waals surface area contributed by atoms with Gasteiger partial charge in [-0.1, -0.05) is 0 Å². The maximum Gasteiger partial charge on any atom is 0.242 e. The molecule has 158 valence electrons. The Morgan fingerprint density at radius 3 is 2.10 bits per heavy atom. The predicted octanol–water partition coefficient (Wildman–Crippen LogP) is 3.14. The van der Waals surface area contributed by atoms with Gasteiger partial charge in [0.15, 0.2) is 0 Å². The summed E-state index contributed by atoms with van der Waals surface area (Å²) < 4.78 is 36.6. The number of carbonyl (C=O) groups is 1.